The molecule has 0 saturated carbocycles. The average molecular weight is 250 g/mol. The molecule has 5 nitrogen and oxygen atoms in total. The van der Waals surface area contributed by atoms with E-state index in [1.54, 1.807) is 12.4 Å². The van der Waals surface area contributed by atoms with Gasteiger partial charge in [0.15, 0.2) is 5.43 Å². The van der Waals surface area contributed by atoms with E-state index < -0.39 is 0 Å². The summed E-state index contributed by atoms with van der Waals surface area (Å²) in [5.41, 5.74) is 0.0174. The van der Waals surface area contributed by atoms with Crippen LogP contribution in [0.4, 0.5) is 5.13 Å². The van der Waals surface area contributed by atoms with Gasteiger partial charge in [-0.15, -0.1) is 10.2 Å². The lowest BCUT2D eigenvalue weighted by Gasteiger charge is -2.00. The molecule has 2 rings (SSSR count). The molecule has 1 N–H and O–H groups in total. The van der Waals surface area contributed by atoms with Crippen molar-refractivity contribution in [3.05, 3.63) is 39.8 Å². The van der Waals surface area contributed by atoms with E-state index in [0.29, 0.717) is 6.54 Å². The van der Waals surface area contributed by atoms with Crippen LogP contribution in [-0.2, 0) is 6.54 Å². The summed E-state index contributed by atoms with van der Waals surface area (Å²) in [7, 11) is 0. The van der Waals surface area contributed by atoms with Gasteiger partial charge in [0.1, 0.15) is 5.01 Å². The summed E-state index contributed by atoms with van der Waals surface area (Å²) < 4.78 is 1.91. The second-order valence-corrected chi connectivity index (χ2v) is 4.70. The van der Waals surface area contributed by atoms with Gasteiger partial charge in [-0.2, -0.15) is 0 Å². The summed E-state index contributed by atoms with van der Waals surface area (Å²) in [6.45, 7) is 3.66. The Bertz CT molecular complexity index is 514. The molecule has 2 aromatic rings. The molecule has 2 aromatic heterocycles. The largest absolute Gasteiger partial charge is 0.360 e. The number of nitrogens with zero attached hydrogens (tertiary/aromatic N) is 3. The minimum atomic E-state index is 0.0174. The molecule has 0 amide bonds. The molecule has 2 heterocycles. The molecule has 0 radical (unpaired) electrons. The maximum atomic E-state index is 10.9. The van der Waals surface area contributed by atoms with Crippen LogP contribution in [0.1, 0.15) is 18.4 Å². The standard InChI is InChI=1S/C11H14N4OS/c1-2-5-12-11-14-13-10(17-11)8-15-6-3-9(16)4-7-15/h3-4,6-7H,2,5,8H2,1H3,(H,12,14). The Morgan fingerprint density at radius 2 is 2.12 bits per heavy atom. The van der Waals surface area contributed by atoms with Crippen molar-refractivity contribution in [1.82, 2.24) is 14.8 Å². The normalized spacial score (nSPS) is 10.4. The molecule has 17 heavy (non-hydrogen) atoms. The zero-order valence-corrected chi connectivity index (χ0v) is 10.4. The first-order valence-corrected chi connectivity index (χ1v) is 6.32. The smallest absolute Gasteiger partial charge is 0.205 e. The lowest BCUT2D eigenvalue weighted by atomic mass is 10.4. The van der Waals surface area contributed by atoms with Gasteiger partial charge in [0.25, 0.3) is 0 Å². The van der Waals surface area contributed by atoms with Crippen molar-refractivity contribution in [3.63, 3.8) is 0 Å². The third kappa shape index (κ3) is 3.39. The zero-order valence-electron chi connectivity index (χ0n) is 9.59. The number of aromatic nitrogens is 3. The van der Waals surface area contributed by atoms with Crippen LogP contribution in [-0.4, -0.2) is 21.3 Å². The van der Waals surface area contributed by atoms with Crippen LogP contribution in [0.2, 0.25) is 0 Å². The van der Waals surface area contributed by atoms with Crippen LogP contribution in [0, 0.1) is 0 Å². The van der Waals surface area contributed by atoms with Gasteiger partial charge in [-0.3, -0.25) is 4.79 Å². The first-order chi connectivity index (χ1) is 8.28. The highest BCUT2D eigenvalue weighted by Gasteiger charge is 2.03. The zero-order chi connectivity index (χ0) is 12.1. The van der Waals surface area contributed by atoms with Crippen molar-refractivity contribution < 1.29 is 0 Å². The van der Waals surface area contributed by atoms with Crippen LogP contribution in [0.15, 0.2) is 29.3 Å². The minimum absolute atomic E-state index is 0.0174. The summed E-state index contributed by atoms with van der Waals surface area (Å²) in [6.07, 6.45) is 4.57. The van der Waals surface area contributed by atoms with Crippen molar-refractivity contribution in [2.24, 2.45) is 0 Å². The monoisotopic (exact) mass is 250 g/mol. The van der Waals surface area contributed by atoms with Crippen molar-refractivity contribution in [2.45, 2.75) is 19.9 Å². The van der Waals surface area contributed by atoms with Crippen LogP contribution < -0.4 is 10.7 Å². The van der Waals surface area contributed by atoms with E-state index in [1.807, 2.05) is 4.57 Å². The number of nitrogens with one attached hydrogen (secondary N) is 1. The van der Waals surface area contributed by atoms with E-state index >= 15 is 0 Å². The summed E-state index contributed by atoms with van der Waals surface area (Å²) in [4.78, 5) is 10.9. The van der Waals surface area contributed by atoms with Crippen LogP contribution in [0.25, 0.3) is 0 Å². The third-order valence-electron chi connectivity index (χ3n) is 2.17. The Hall–Kier alpha value is -1.69. The topological polar surface area (TPSA) is 59.8 Å². The highest BCUT2D eigenvalue weighted by atomic mass is 32.1. The molecule has 90 valence electrons. The van der Waals surface area contributed by atoms with Gasteiger partial charge in [0, 0.05) is 31.1 Å². The molecule has 0 atom stereocenters. The van der Waals surface area contributed by atoms with E-state index in [0.717, 1.165) is 23.1 Å². The first-order valence-electron chi connectivity index (χ1n) is 5.50. The predicted molar refractivity (Wildman–Crippen MR) is 68.5 cm³/mol. The van der Waals surface area contributed by atoms with Crippen LogP contribution in [0.5, 0.6) is 0 Å². The first kappa shape index (κ1) is 11.8. The Balaban J connectivity index is 2.01. The van der Waals surface area contributed by atoms with Gasteiger partial charge in [-0.25, -0.2) is 0 Å². The average Bonchev–Trinajstić information content (AvgIpc) is 2.77. The van der Waals surface area contributed by atoms with E-state index in [2.05, 4.69) is 22.4 Å². The second-order valence-electron chi connectivity index (χ2n) is 3.63. The quantitative estimate of drug-likeness (QED) is 0.875. The van der Waals surface area contributed by atoms with Gasteiger partial charge in [-0.1, -0.05) is 18.3 Å². The van der Waals surface area contributed by atoms with Gasteiger partial charge in [0.2, 0.25) is 5.13 Å². The molecular weight excluding hydrogens is 236 g/mol. The molecular formula is C11H14N4OS. The Morgan fingerprint density at radius 1 is 1.35 bits per heavy atom. The van der Waals surface area contributed by atoms with E-state index in [4.69, 9.17) is 0 Å². The Labute approximate surface area is 103 Å². The van der Waals surface area contributed by atoms with E-state index in [-0.39, 0.29) is 5.43 Å². The molecule has 0 fully saturated rings. The number of rotatable bonds is 5. The summed E-state index contributed by atoms with van der Waals surface area (Å²) in [5, 5.41) is 13.1. The fourth-order valence-corrected chi connectivity index (χ4v) is 2.10. The summed E-state index contributed by atoms with van der Waals surface area (Å²) >= 11 is 1.54. The van der Waals surface area contributed by atoms with Crippen molar-refractivity contribution in [1.29, 1.82) is 0 Å². The molecule has 0 unspecified atom stereocenters. The Kier molecular flexibility index (Phi) is 3.87. The lowest BCUT2D eigenvalue weighted by molar-refractivity contribution is 0.769. The molecule has 0 spiro atoms. The van der Waals surface area contributed by atoms with Gasteiger partial charge >= 0.3 is 0 Å². The number of pyridine rings is 1. The molecule has 0 aliphatic carbocycles. The molecule has 0 aromatic carbocycles. The number of hydrogen-bond donors (Lipinski definition) is 1. The number of anilines is 1. The molecule has 0 saturated heterocycles. The minimum Gasteiger partial charge on any atom is -0.360 e. The van der Waals surface area contributed by atoms with Crippen molar-refractivity contribution >= 4 is 16.5 Å². The summed E-state index contributed by atoms with van der Waals surface area (Å²) in [5.74, 6) is 0. The molecule has 6 heteroatoms. The SMILES string of the molecule is CCCNc1nnc(Cn2ccc(=O)cc2)s1. The lowest BCUT2D eigenvalue weighted by Crippen LogP contribution is -2.04. The fourth-order valence-electron chi connectivity index (χ4n) is 1.33. The Morgan fingerprint density at radius 3 is 2.82 bits per heavy atom. The molecule has 0 bridgehead atoms. The predicted octanol–water partition coefficient (Wildman–Crippen LogP) is 1.57. The third-order valence-corrected chi connectivity index (χ3v) is 3.04. The summed E-state index contributed by atoms with van der Waals surface area (Å²) in [6, 6.07) is 3.08. The highest BCUT2D eigenvalue weighted by molar-refractivity contribution is 7.15. The second kappa shape index (κ2) is 5.58. The van der Waals surface area contributed by atoms with Crippen molar-refractivity contribution in [2.75, 3.05) is 11.9 Å². The maximum absolute atomic E-state index is 10.9. The maximum Gasteiger partial charge on any atom is 0.205 e. The fraction of sp³-hybridized carbons (Fsp3) is 0.364. The van der Waals surface area contributed by atoms with Crippen molar-refractivity contribution in [3.8, 4) is 0 Å². The highest BCUT2D eigenvalue weighted by Crippen LogP contribution is 2.15. The number of hydrogen-bond acceptors (Lipinski definition) is 5. The van der Waals surface area contributed by atoms with Crippen LogP contribution in [0.3, 0.4) is 0 Å². The van der Waals surface area contributed by atoms with E-state index in [1.165, 1.54) is 23.5 Å². The van der Waals surface area contributed by atoms with Gasteiger partial charge < -0.3 is 9.88 Å². The van der Waals surface area contributed by atoms with Gasteiger partial charge in [0.05, 0.1) is 6.54 Å². The van der Waals surface area contributed by atoms with E-state index in [9.17, 15) is 4.79 Å². The van der Waals surface area contributed by atoms with Crippen LogP contribution >= 0.6 is 11.3 Å². The molecule has 0 aliphatic rings. The van der Waals surface area contributed by atoms with Gasteiger partial charge in [-0.05, 0) is 6.42 Å². The molecule has 0 aliphatic heterocycles.